The number of carbonyl (C=O) groups is 1. The van der Waals surface area contributed by atoms with Gasteiger partial charge in [-0.1, -0.05) is 19.1 Å². The summed E-state index contributed by atoms with van der Waals surface area (Å²) in [4.78, 5) is 11.7. The zero-order valence-electron chi connectivity index (χ0n) is 10.8. The number of fused-ring (bicyclic) bond motifs is 4. The smallest absolute Gasteiger partial charge is 0.334 e. The predicted molar refractivity (Wildman–Crippen MR) is 65.5 cm³/mol. The molecule has 3 heteroatoms. The van der Waals surface area contributed by atoms with Crippen LogP contribution in [0.1, 0.15) is 26.7 Å². The van der Waals surface area contributed by atoms with Crippen LogP contribution < -0.4 is 0 Å². The standard InChI is InChI=1S/C15H18O3/c1-6-8-4-9(8)15(3)5-10-11(13(16)12(6)15)7(2)14(17)18-10/h8-10,12-13,16H,1,4-5H2,2-3H3/t8-,9-,10-,12+,13+,15+/m1/s1. The third-order valence-electron chi connectivity index (χ3n) is 5.82. The largest absolute Gasteiger partial charge is 0.454 e. The molecule has 4 rings (SSSR count). The molecular weight excluding hydrogens is 228 g/mol. The average Bonchev–Trinajstić information content (AvgIpc) is 2.98. The first-order valence-electron chi connectivity index (χ1n) is 6.73. The molecule has 18 heavy (non-hydrogen) atoms. The molecule has 6 atom stereocenters. The van der Waals surface area contributed by atoms with E-state index in [0.29, 0.717) is 17.4 Å². The number of hydrogen-bond acceptors (Lipinski definition) is 3. The maximum atomic E-state index is 11.7. The molecule has 0 aromatic carbocycles. The van der Waals surface area contributed by atoms with Crippen molar-refractivity contribution >= 4 is 5.97 Å². The Morgan fingerprint density at radius 1 is 1.50 bits per heavy atom. The first kappa shape index (κ1) is 10.8. The first-order valence-corrected chi connectivity index (χ1v) is 6.73. The number of hydrogen-bond donors (Lipinski definition) is 1. The van der Waals surface area contributed by atoms with Gasteiger partial charge in [-0.25, -0.2) is 4.79 Å². The van der Waals surface area contributed by atoms with Crippen molar-refractivity contribution in [1.82, 2.24) is 0 Å². The van der Waals surface area contributed by atoms with Crippen LogP contribution in [0.25, 0.3) is 0 Å². The fourth-order valence-electron chi connectivity index (χ4n) is 4.84. The van der Waals surface area contributed by atoms with E-state index in [1.807, 2.05) is 0 Å². The maximum absolute atomic E-state index is 11.7. The zero-order valence-corrected chi connectivity index (χ0v) is 10.8. The highest BCUT2D eigenvalue weighted by Gasteiger charge is 2.68. The molecule has 4 aliphatic rings. The lowest BCUT2D eigenvalue weighted by Crippen LogP contribution is -2.46. The van der Waals surface area contributed by atoms with Crippen molar-refractivity contribution in [2.45, 2.75) is 38.9 Å². The minimum atomic E-state index is -0.569. The summed E-state index contributed by atoms with van der Waals surface area (Å²) in [5, 5.41) is 10.7. The van der Waals surface area contributed by atoms with Crippen LogP contribution in [0.5, 0.6) is 0 Å². The SMILES string of the molecule is C=C1[C@H]2C[C@H]2[C@]2(C)C[C@H]3OC(=O)C(C)=C3[C@H](O)[C@H]12. The van der Waals surface area contributed by atoms with Crippen LogP contribution in [0.4, 0.5) is 0 Å². The van der Waals surface area contributed by atoms with Gasteiger partial charge in [0.15, 0.2) is 0 Å². The Morgan fingerprint density at radius 3 is 2.94 bits per heavy atom. The average molecular weight is 246 g/mol. The Balaban J connectivity index is 1.83. The monoisotopic (exact) mass is 246 g/mol. The molecule has 0 aromatic rings. The van der Waals surface area contributed by atoms with Crippen molar-refractivity contribution in [3.05, 3.63) is 23.3 Å². The molecule has 0 amide bonds. The highest BCUT2D eigenvalue weighted by atomic mass is 16.5. The second-order valence-corrected chi connectivity index (χ2v) is 6.63. The molecule has 1 aliphatic heterocycles. The molecule has 1 N–H and O–H groups in total. The zero-order chi connectivity index (χ0) is 12.8. The predicted octanol–water partition coefficient (Wildman–Crippen LogP) is 1.82. The van der Waals surface area contributed by atoms with E-state index in [1.54, 1.807) is 6.92 Å². The van der Waals surface area contributed by atoms with Crippen LogP contribution in [0.2, 0.25) is 0 Å². The van der Waals surface area contributed by atoms with E-state index in [0.717, 1.165) is 12.0 Å². The van der Waals surface area contributed by atoms with E-state index in [4.69, 9.17) is 4.74 Å². The number of rotatable bonds is 0. The number of carbonyl (C=O) groups excluding carboxylic acids is 1. The lowest BCUT2D eigenvalue weighted by molar-refractivity contribution is -0.142. The number of aliphatic hydroxyl groups is 1. The Morgan fingerprint density at radius 2 is 2.22 bits per heavy atom. The van der Waals surface area contributed by atoms with Crippen LogP contribution in [-0.2, 0) is 9.53 Å². The summed E-state index contributed by atoms with van der Waals surface area (Å²) < 4.78 is 5.42. The Kier molecular flexibility index (Phi) is 1.74. The normalized spacial score (nSPS) is 52.9. The van der Waals surface area contributed by atoms with Gasteiger partial charge in [0.25, 0.3) is 0 Å². The van der Waals surface area contributed by atoms with Gasteiger partial charge in [0, 0.05) is 17.1 Å². The van der Waals surface area contributed by atoms with E-state index < -0.39 is 6.10 Å². The van der Waals surface area contributed by atoms with Crippen molar-refractivity contribution in [2.24, 2.45) is 23.2 Å². The van der Waals surface area contributed by atoms with E-state index in [2.05, 4.69) is 13.5 Å². The van der Waals surface area contributed by atoms with Gasteiger partial charge < -0.3 is 9.84 Å². The van der Waals surface area contributed by atoms with Crippen LogP contribution in [0.3, 0.4) is 0 Å². The Bertz CT molecular complexity index is 518. The summed E-state index contributed by atoms with van der Waals surface area (Å²) in [5.41, 5.74) is 2.71. The minimum Gasteiger partial charge on any atom is -0.454 e. The molecule has 3 aliphatic carbocycles. The Labute approximate surface area is 107 Å². The summed E-state index contributed by atoms with van der Waals surface area (Å²) >= 11 is 0. The van der Waals surface area contributed by atoms with Crippen molar-refractivity contribution in [2.75, 3.05) is 0 Å². The van der Waals surface area contributed by atoms with Gasteiger partial charge in [0.05, 0.1) is 6.10 Å². The third kappa shape index (κ3) is 0.993. The van der Waals surface area contributed by atoms with Crippen molar-refractivity contribution in [3.8, 4) is 0 Å². The molecule has 3 saturated carbocycles. The van der Waals surface area contributed by atoms with Crippen molar-refractivity contribution in [3.63, 3.8) is 0 Å². The van der Waals surface area contributed by atoms with Gasteiger partial charge in [-0.05, 0) is 37.0 Å². The second kappa shape index (κ2) is 2.90. The van der Waals surface area contributed by atoms with Gasteiger partial charge in [0.2, 0.25) is 0 Å². The quantitative estimate of drug-likeness (QED) is 0.524. The number of aliphatic hydroxyl groups excluding tert-OH is 1. The molecule has 96 valence electrons. The summed E-state index contributed by atoms with van der Waals surface area (Å²) in [6, 6.07) is 0. The molecule has 3 nitrogen and oxygen atoms in total. The fourth-order valence-corrected chi connectivity index (χ4v) is 4.84. The van der Waals surface area contributed by atoms with E-state index in [9.17, 15) is 9.90 Å². The van der Waals surface area contributed by atoms with Crippen LogP contribution in [0.15, 0.2) is 23.3 Å². The molecule has 1 heterocycles. The molecule has 3 fully saturated rings. The summed E-state index contributed by atoms with van der Waals surface area (Å²) in [6.07, 6.45) is 1.30. The van der Waals surface area contributed by atoms with E-state index >= 15 is 0 Å². The molecule has 0 radical (unpaired) electrons. The Hall–Kier alpha value is -1.09. The molecule has 0 unspecified atom stereocenters. The highest BCUT2D eigenvalue weighted by Crippen LogP contribution is 2.71. The van der Waals surface area contributed by atoms with Gasteiger partial charge in [0.1, 0.15) is 6.10 Å². The molecule has 0 saturated heterocycles. The first-order chi connectivity index (χ1) is 8.45. The lowest BCUT2D eigenvalue weighted by Gasteiger charge is -2.45. The topological polar surface area (TPSA) is 46.5 Å². The van der Waals surface area contributed by atoms with Gasteiger partial charge in [-0.15, -0.1) is 0 Å². The van der Waals surface area contributed by atoms with Crippen LogP contribution in [0, 0.1) is 23.2 Å². The van der Waals surface area contributed by atoms with E-state index in [-0.39, 0.29) is 23.4 Å². The minimum absolute atomic E-state index is 0.0697. The van der Waals surface area contributed by atoms with Crippen LogP contribution in [-0.4, -0.2) is 23.3 Å². The molecule has 0 aromatic heterocycles. The second-order valence-electron chi connectivity index (χ2n) is 6.63. The van der Waals surface area contributed by atoms with E-state index in [1.165, 1.54) is 12.0 Å². The fraction of sp³-hybridized carbons (Fsp3) is 0.667. The third-order valence-corrected chi connectivity index (χ3v) is 5.82. The van der Waals surface area contributed by atoms with Gasteiger partial charge >= 0.3 is 5.97 Å². The maximum Gasteiger partial charge on any atom is 0.334 e. The summed E-state index contributed by atoms with van der Waals surface area (Å²) in [5.74, 6) is 1.11. The van der Waals surface area contributed by atoms with Crippen molar-refractivity contribution in [1.29, 1.82) is 0 Å². The van der Waals surface area contributed by atoms with Crippen LogP contribution >= 0.6 is 0 Å². The van der Waals surface area contributed by atoms with Gasteiger partial charge in [-0.3, -0.25) is 0 Å². The summed E-state index contributed by atoms with van der Waals surface area (Å²) in [6.45, 7) is 8.21. The lowest BCUT2D eigenvalue weighted by atomic mass is 9.62. The summed E-state index contributed by atoms with van der Waals surface area (Å²) in [7, 11) is 0. The number of ether oxygens (including phenoxy) is 1. The van der Waals surface area contributed by atoms with Crippen molar-refractivity contribution < 1.29 is 14.6 Å². The number of esters is 1. The molecule has 0 bridgehead atoms. The highest BCUT2D eigenvalue weighted by molar-refractivity contribution is 5.92. The van der Waals surface area contributed by atoms with Gasteiger partial charge in [-0.2, -0.15) is 0 Å². The molecule has 0 spiro atoms. The molecular formula is C15H18O3.